The summed E-state index contributed by atoms with van der Waals surface area (Å²) in [5.41, 5.74) is 2.08. The molecule has 134 valence electrons. The number of aliphatic imine (C=N–C) groups is 1. The van der Waals surface area contributed by atoms with Gasteiger partial charge in [0.15, 0.2) is 11.5 Å². The molecule has 0 saturated carbocycles. The predicted molar refractivity (Wildman–Crippen MR) is 99.8 cm³/mol. The van der Waals surface area contributed by atoms with E-state index in [9.17, 15) is 4.79 Å². The molecule has 0 aliphatic carbocycles. The number of methoxy groups -OCH3 is 3. The van der Waals surface area contributed by atoms with Crippen molar-refractivity contribution in [2.45, 2.75) is 6.42 Å². The largest absolute Gasteiger partial charge is 0.496 e. The van der Waals surface area contributed by atoms with Crippen LogP contribution in [-0.2, 0) is 11.2 Å². The van der Waals surface area contributed by atoms with Gasteiger partial charge in [0.1, 0.15) is 17.3 Å². The van der Waals surface area contributed by atoms with Crippen molar-refractivity contribution in [2.75, 3.05) is 21.3 Å². The number of ether oxygens (including phenoxy) is 3. The third-order valence-electron chi connectivity index (χ3n) is 3.99. The first kappa shape index (κ1) is 17.5. The Morgan fingerprint density at radius 1 is 0.962 bits per heavy atom. The fourth-order valence-electron chi connectivity index (χ4n) is 2.70. The van der Waals surface area contributed by atoms with Gasteiger partial charge in [-0.2, -0.15) is 0 Å². The lowest BCUT2D eigenvalue weighted by atomic mass is 10.1. The minimum atomic E-state index is -0.243. The molecular formula is C20H20N2O4. The average Bonchev–Trinajstić information content (AvgIpc) is 3.01. The van der Waals surface area contributed by atoms with Crippen molar-refractivity contribution < 1.29 is 19.0 Å². The van der Waals surface area contributed by atoms with Gasteiger partial charge >= 0.3 is 0 Å². The van der Waals surface area contributed by atoms with Gasteiger partial charge in [0, 0.05) is 18.1 Å². The number of nitrogens with one attached hydrogen (secondary N) is 1. The molecule has 6 heteroatoms. The van der Waals surface area contributed by atoms with Crippen molar-refractivity contribution in [2.24, 2.45) is 4.99 Å². The van der Waals surface area contributed by atoms with Crippen LogP contribution in [0.15, 0.2) is 53.2 Å². The SMILES string of the molecule is COc1cc(OC)c(OC)cc1/C=C1\N=C(Cc2ccccc2)NC1=O. The van der Waals surface area contributed by atoms with Crippen LogP contribution in [0, 0.1) is 0 Å². The number of amides is 1. The van der Waals surface area contributed by atoms with Gasteiger partial charge < -0.3 is 19.5 Å². The molecule has 1 aliphatic rings. The number of amidine groups is 1. The van der Waals surface area contributed by atoms with Crippen LogP contribution >= 0.6 is 0 Å². The Hall–Kier alpha value is -3.28. The van der Waals surface area contributed by atoms with Crippen molar-refractivity contribution >= 4 is 17.8 Å². The molecule has 0 atom stereocenters. The van der Waals surface area contributed by atoms with Crippen LogP contribution in [-0.4, -0.2) is 33.1 Å². The predicted octanol–water partition coefficient (Wildman–Crippen LogP) is 2.82. The van der Waals surface area contributed by atoms with E-state index in [1.165, 1.54) is 0 Å². The molecule has 0 saturated heterocycles. The van der Waals surface area contributed by atoms with E-state index in [0.29, 0.717) is 40.8 Å². The molecule has 0 spiro atoms. The zero-order valence-electron chi connectivity index (χ0n) is 14.9. The summed E-state index contributed by atoms with van der Waals surface area (Å²) in [6.45, 7) is 0. The summed E-state index contributed by atoms with van der Waals surface area (Å²) < 4.78 is 16.0. The van der Waals surface area contributed by atoms with E-state index in [-0.39, 0.29) is 5.91 Å². The van der Waals surface area contributed by atoms with Crippen LogP contribution < -0.4 is 19.5 Å². The third-order valence-corrected chi connectivity index (χ3v) is 3.99. The van der Waals surface area contributed by atoms with E-state index in [1.54, 1.807) is 39.5 Å². The van der Waals surface area contributed by atoms with Gasteiger partial charge in [0.2, 0.25) is 0 Å². The maximum absolute atomic E-state index is 12.3. The maximum atomic E-state index is 12.3. The van der Waals surface area contributed by atoms with Gasteiger partial charge in [0.05, 0.1) is 21.3 Å². The first-order valence-electron chi connectivity index (χ1n) is 8.09. The highest BCUT2D eigenvalue weighted by molar-refractivity contribution is 6.14. The monoisotopic (exact) mass is 352 g/mol. The normalized spacial score (nSPS) is 14.8. The lowest BCUT2D eigenvalue weighted by Crippen LogP contribution is -2.25. The topological polar surface area (TPSA) is 69.2 Å². The molecule has 0 bridgehead atoms. The smallest absolute Gasteiger partial charge is 0.275 e. The maximum Gasteiger partial charge on any atom is 0.275 e. The number of hydrogen-bond acceptors (Lipinski definition) is 5. The zero-order valence-corrected chi connectivity index (χ0v) is 14.9. The molecule has 1 N–H and O–H groups in total. The highest BCUT2D eigenvalue weighted by atomic mass is 16.5. The van der Waals surface area contributed by atoms with Crippen molar-refractivity contribution in [3.63, 3.8) is 0 Å². The Balaban J connectivity index is 1.92. The number of rotatable bonds is 6. The van der Waals surface area contributed by atoms with Crippen molar-refractivity contribution in [3.05, 3.63) is 59.3 Å². The Morgan fingerprint density at radius 3 is 2.27 bits per heavy atom. The highest BCUT2D eigenvalue weighted by Gasteiger charge is 2.21. The molecule has 1 heterocycles. The van der Waals surface area contributed by atoms with Crippen LogP contribution in [0.2, 0.25) is 0 Å². The zero-order chi connectivity index (χ0) is 18.5. The van der Waals surface area contributed by atoms with Crippen molar-refractivity contribution in [1.82, 2.24) is 5.32 Å². The van der Waals surface area contributed by atoms with E-state index < -0.39 is 0 Å². The van der Waals surface area contributed by atoms with Gasteiger partial charge in [-0.15, -0.1) is 0 Å². The summed E-state index contributed by atoms with van der Waals surface area (Å²) in [6, 6.07) is 13.3. The average molecular weight is 352 g/mol. The fourth-order valence-corrected chi connectivity index (χ4v) is 2.70. The Kier molecular flexibility index (Phi) is 5.22. The molecule has 1 aliphatic heterocycles. The lowest BCUT2D eigenvalue weighted by molar-refractivity contribution is -0.115. The molecule has 2 aromatic carbocycles. The Labute approximate surface area is 152 Å². The second kappa shape index (κ2) is 7.74. The minimum absolute atomic E-state index is 0.243. The van der Waals surface area contributed by atoms with E-state index >= 15 is 0 Å². The van der Waals surface area contributed by atoms with Gasteiger partial charge in [-0.05, 0) is 17.7 Å². The molecule has 26 heavy (non-hydrogen) atoms. The minimum Gasteiger partial charge on any atom is -0.496 e. The van der Waals surface area contributed by atoms with Crippen LogP contribution in [0.3, 0.4) is 0 Å². The summed E-state index contributed by atoms with van der Waals surface area (Å²) in [5.74, 6) is 2.04. The Bertz CT molecular complexity index is 873. The molecular weight excluding hydrogens is 332 g/mol. The number of hydrogen-bond donors (Lipinski definition) is 1. The quantitative estimate of drug-likeness (QED) is 0.812. The van der Waals surface area contributed by atoms with E-state index in [2.05, 4.69) is 10.3 Å². The van der Waals surface area contributed by atoms with E-state index in [0.717, 1.165) is 5.56 Å². The Morgan fingerprint density at radius 2 is 1.62 bits per heavy atom. The van der Waals surface area contributed by atoms with Crippen molar-refractivity contribution in [1.29, 1.82) is 0 Å². The standard InChI is InChI=1S/C20H20N2O4/c1-24-16-12-18(26-3)17(25-2)11-14(16)10-15-20(23)22-19(21-15)9-13-7-5-4-6-8-13/h4-8,10-12H,9H2,1-3H3,(H,21,22,23)/b15-10-. The summed E-state index contributed by atoms with van der Waals surface area (Å²) in [5, 5.41) is 2.81. The number of nitrogens with zero attached hydrogens (tertiary/aromatic N) is 1. The second-order valence-electron chi connectivity index (χ2n) is 5.65. The summed E-state index contributed by atoms with van der Waals surface area (Å²) >= 11 is 0. The molecule has 0 aromatic heterocycles. The highest BCUT2D eigenvalue weighted by Crippen LogP contribution is 2.36. The molecule has 1 amide bonds. The number of carbonyl (C=O) groups excluding carboxylic acids is 1. The van der Waals surface area contributed by atoms with Crippen LogP contribution in [0.4, 0.5) is 0 Å². The first-order chi connectivity index (χ1) is 12.6. The van der Waals surface area contributed by atoms with Gasteiger partial charge in [-0.1, -0.05) is 30.3 Å². The molecule has 2 aromatic rings. The van der Waals surface area contributed by atoms with Crippen LogP contribution in [0.1, 0.15) is 11.1 Å². The van der Waals surface area contributed by atoms with Crippen LogP contribution in [0.25, 0.3) is 6.08 Å². The molecule has 0 radical (unpaired) electrons. The first-order valence-corrected chi connectivity index (χ1v) is 8.09. The fraction of sp³-hybridized carbons (Fsp3) is 0.200. The van der Waals surface area contributed by atoms with E-state index in [4.69, 9.17) is 14.2 Å². The summed E-state index contributed by atoms with van der Waals surface area (Å²) in [7, 11) is 4.67. The van der Waals surface area contributed by atoms with Crippen LogP contribution in [0.5, 0.6) is 17.2 Å². The summed E-state index contributed by atoms with van der Waals surface area (Å²) in [6.07, 6.45) is 2.24. The lowest BCUT2D eigenvalue weighted by Gasteiger charge is -2.12. The second-order valence-corrected chi connectivity index (χ2v) is 5.65. The number of benzene rings is 2. The van der Waals surface area contributed by atoms with Gasteiger partial charge in [-0.25, -0.2) is 4.99 Å². The third kappa shape index (κ3) is 3.69. The molecule has 3 rings (SSSR count). The van der Waals surface area contributed by atoms with Crippen molar-refractivity contribution in [3.8, 4) is 17.2 Å². The van der Waals surface area contributed by atoms with E-state index in [1.807, 2.05) is 30.3 Å². The molecule has 0 fully saturated rings. The summed E-state index contributed by atoms with van der Waals surface area (Å²) in [4.78, 5) is 16.7. The number of carbonyl (C=O) groups is 1. The van der Waals surface area contributed by atoms with Gasteiger partial charge in [-0.3, -0.25) is 4.79 Å². The van der Waals surface area contributed by atoms with Gasteiger partial charge in [0.25, 0.3) is 5.91 Å². The molecule has 0 unspecified atom stereocenters. The molecule has 6 nitrogen and oxygen atoms in total.